The molecule has 1 saturated heterocycles. The summed E-state index contributed by atoms with van der Waals surface area (Å²) >= 11 is 0. The topological polar surface area (TPSA) is 112 Å². The first kappa shape index (κ1) is 21.9. The normalized spacial score (nSPS) is 16.6. The number of nitrogens with one attached hydrogen (secondary N) is 1. The predicted octanol–water partition coefficient (Wildman–Crippen LogP) is 2.57. The summed E-state index contributed by atoms with van der Waals surface area (Å²) in [5.41, 5.74) is 2.30. The molecular weight excluding hydrogens is 408 g/mol. The second-order valence-corrected chi connectivity index (χ2v) is 8.60. The fourth-order valence-corrected chi connectivity index (χ4v) is 4.21. The molecule has 1 aromatic heterocycles. The van der Waals surface area contributed by atoms with E-state index in [-0.39, 0.29) is 29.2 Å². The summed E-state index contributed by atoms with van der Waals surface area (Å²) in [6, 6.07) is 6.71. The third-order valence-corrected chi connectivity index (χ3v) is 6.18. The Morgan fingerprint density at radius 1 is 1.16 bits per heavy atom. The van der Waals surface area contributed by atoms with E-state index >= 15 is 0 Å². The van der Waals surface area contributed by atoms with E-state index in [4.69, 9.17) is 5.11 Å². The Balaban J connectivity index is 1.38. The van der Waals surface area contributed by atoms with E-state index in [2.05, 4.69) is 15.3 Å². The Morgan fingerprint density at radius 2 is 1.91 bits per heavy atom. The van der Waals surface area contributed by atoms with E-state index in [1.807, 2.05) is 17.9 Å². The summed E-state index contributed by atoms with van der Waals surface area (Å²) in [6.45, 7) is 3.59. The number of hydrogen-bond donors (Lipinski definition) is 2. The molecule has 0 atom stereocenters. The van der Waals surface area contributed by atoms with Crippen LogP contribution in [0.2, 0.25) is 0 Å². The molecule has 1 saturated carbocycles. The minimum Gasteiger partial charge on any atom is -0.478 e. The van der Waals surface area contributed by atoms with Crippen LogP contribution >= 0.6 is 0 Å². The highest BCUT2D eigenvalue weighted by molar-refractivity contribution is 5.95. The Bertz CT molecular complexity index is 1030. The van der Waals surface area contributed by atoms with Crippen LogP contribution in [-0.2, 0) is 11.2 Å². The third-order valence-electron chi connectivity index (χ3n) is 6.18. The summed E-state index contributed by atoms with van der Waals surface area (Å²) in [5, 5.41) is 12.0. The maximum absolute atomic E-state index is 12.9. The lowest BCUT2D eigenvalue weighted by Gasteiger charge is -2.32. The predicted molar refractivity (Wildman–Crippen MR) is 117 cm³/mol. The van der Waals surface area contributed by atoms with Crippen molar-refractivity contribution in [1.29, 1.82) is 0 Å². The van der Waals surface area contributed by atoms with E-state index in [0.717, 1.165) is 36.9 Å². The largest absolute Gasteiger partial charge is 0.478 e. The SMILES string of the molecule is Cc1ncc(C(=O)NCCc2cccc(C(=O)O)c2)c(C2CCN(C(=O)C3CC3)CC2)n1. The number of aryl methyl sites for hydroxylation is 1. The van der Waals surface area contributed by atoms with Gasteiger partial charge in [-0.15, -0.1) is 0 Å². The van der Waals surface area contributed by atoms with Crippen LogP contribution in [0, 0.1) is 12.8 Å². The number of carbonyl (C=O) groups is 3. The van der Waals surface area contributed by atoms with Crippen molar-refractivity contribution in [3.05, 3.63) is 58.7 Å². The number of carbonyl (C=O) groups excluding carboxylic acids is 2. The van der Waals surface area contributed by atoms with Crippen LogP contribution in [-0.4, -0.2) is 57.4 Å². The van der Waals surface area contributed by atoms with E-state index in [1.54, 1.807) is 24.4 Å². The Kier molecular flexibility index (Phi) is 6.48. The molecule has 0 spiro atoms. The van der Waals surface area contributed by atoms with Crippen LogP contribution in [0.4, 0.5) is 0 Å². The fraction of sp³-hybridized carbons (Fsp3) is 0.458. The van der Waals surface area contributed by atoms with E-state index in [9.17, 15) is 14.4 Å². The van der Waals surface area contributed by atoms with Gasteiger partial charge in [-0.25, -0.2) is 14.8 Å². The number of nitrogens with zero attached hydrogens (tertiary/aromatic N) is 3. The maximum atomic E-state index is 12.9. The van der Waals surface area contributed by atoms with Gasteiger partial charge in [-0.05, 0) is 56.7 Å². The van der Waals surface area contributed by atoms with Crippen molar-refractivity contribution in [2.75, 3.05) is 19.6 Å². The summed E-state index contributed by atoms with van der Waals surface area (Å²) < 4.78 is 0. The molecule has 4 rings (SSSR count). The number of rotatable bonds is 7. The zero-order chi connectivity index (χ0) is 22.7. The second kappa shape index (κ2) is 9.46. The summed E-state index contributed by atoms with van der Waals surface area (Å²) in [4.78, 5) is 47.1. The molecule has 8 nitrogen and oxygen atoms in total. The minimum atomic E-state index is -0.970. The molecule has 1 aromatic carbocycles. The number of aromatic nitrogens is 2. The number of carboxylic acids is 1. The van der Waals surface area contributed by atoms with E-state index < -0.39 is 5.97 Å². The lowest BCUT2D eigenvalue weighted by atomic mass is 9.90. The molecule has 2 N–H and O–H groups in total. The number of likely N-dealkylation sites (tertiary alicyclic amines) is 1. The molecule has 2 heterocycles. The fourth-order valence-electron chi connectivity index (χ4n) is 4.21. The molecular formula is C24H28N4O4. The van der Waals surface area contributed by atoms with Gasteiger partial charge in [0.15, 0.2) is 0 Å². The van der Waals surface area contributed by atoms with Crippen LogP contribution in [0.5, 0.6) is 0 Å². The molecule has 1 aliphatic heterocycles. The lowest BCUT2D eigenvalue weighted by molar-refractivity contribution is -0.133. The van der Waals surface area contributed by atoms with Gasteiger partial charge in [0.1, 0.15) is 5.82 Å². The van der Waals surface area contributed by atoms with Gasteiger partial charge in [0.05, 0.1) is 16.8 Å². The molecule has 32 heavy (non-hydrogen) atoms. The number of hydrogen-bond acceptors (Lipinski definition) is 5. The number of benzene rings is 1. The molecule has 8 heteroatoms. The van der Waals surface area contributed by atoms with Crippen LogP contribution in [0.15, 0.2) is 30.5 Å². The van der Waals surface area contributed by atoms with Gasteiger partial charge in [-0.1, -0.05) is 12.1 Å². The van der Waals surface area contributed by atoms with Gasteiger partial charge in [-0.3, -0.25) is 9.59 Å². The zero-order valence-corrected chi connectivity index (χ0v) is 18.2. The average molecular weight is 437 g/mol. The van der Waals surface area contributed by atoms with Gasteiger partial charge in [0.25, 0.3) is 5.91 Å². The quantitative estimate of drug-likeness (QED) is 0.690. The number of amides is 2. The second-order valence-electron chi connectivity index (χ2n) is 8.60. The molecule has 2 amide bonds. The standard InChI is InChI=1S/C24H28N4O4/c1-15-26-14-20(22(29)25-10-7-16-3-2-4-19(13-16)24(31)32)21(27-15)17-8-11-28(12-9-17)23(30)18-5-6-18/h2-4,13-14,17-18H,5-12H2,1H3,(H,25,29)(H,31,32). The molecule has 1 aliphatic carbocycles. The maximum Gasteiger partial charge on any atom is 0.335 e. The minimum absolute atomic E-state index is 0.118. The molecule has 0 radical (unpaired) electrons. The van der Waals surface area contributed by atoms with Gasteiger partial charge in [0.2, 0.25) is 5.91 Å². The molecule has 168 valence electrons. The zero-order valence-electron chi connectivity index (χ0n) is 18.2. The highest BCUT2D eigenvalue weighted by atomic mass is 16.4. The first-order valence-corrected chi connectivity index (χ1v) is 11.1. The molecule has 0 unspecified atom stereocenters. The smallest absolute Gasteiger partial charge is 0.335 e. The van der Waals surface area contributed by atoms with Gasteiger partial charge in [0, 0.05) is 37.7 Å². The van der Waals surface area contributed by atoms with Crippen molar-refractivity contribution < 1.29 is 19.5 Å². The van der Waals surface area contributed by atoms with Crippen molar-refractivity contribution in [3.8, 4) is 0 Å². The van der Waals surface area contributed by atoms with Crippen molar-refractivity contribution in [1.82, 2.24) is 20.2 Å². The monoisotopic (exact) mass is 436 g/mol. The number of piperidine rings is 1. The number of aromatic carboxylic acids is 1. The van der Waals surface area contributed by atoms with Gasteiger partial charge < -0.3 is 15.3 Å². The highest BCUT2D eigenvalue weighted by Crippen LogP contribution is 2.34. The van der Waals surface area contributed by atoms with Crippen molar-refractivity contribution >= 4 is 17.8 Å². The van der Waals surface area contributed by atoms with Crippen LogP contribution < -0.4 is 5.32 Å². The summed E-state index contributed by atoms with van der Waals surface area (Å²) in [5.74, 6) is 0.0391. The first-order chi connectivity index (χ1) is 15.4. The molecule has 2 aromatic rings. The summed E-state index contributed by atoms with van der Waals surface area (Å²) in [6.07, 6.45) is 5.70. The van der Waals surface area contributed by atoms with Crippen LogP contribution in [0.1, 0.15) is 69.4 Å². The molecule has 2 fully saturated rings. The van der Waals surface area contributed by atoms with Gasteiger partial charge in [-0.2, -0.15) is 0 Å². The van der Waals surface area contributed by atoms with E-state index in [0.29, 0.717) is 37.4 Å². The average Bonchev–Trinajstić information content (AvgIpc) is 3.64. The Labute approximate surface area is 187 Å². The molecule has 0 bridgehead atoms. The Hall–Kier alpha value is -3.29. The van der Waals surface area contributed by atoms with Crippen LogP contribution in [0.3, 0.4) is 0 Å². The summed E-state index contributed by atoms with van der Waals surface area (Å²) in [7, 11) is 0. The van der Waals surface area contributed by atoms with Crippen molar-refractivity contribution in [2.45, 2.75) is 44.9 Å². The first-order valence-electron chi connectivity index (χ1n) is 11.1. The van der Waals surface area contributed by atoms with E-state index in [1.165, 1.54) is 0 Å². The third kappa shape index (κ3) is 5.12. The highest BCUT2D eigenvalue weighted by Gasteiger charge is 2.36. The van der Waals surface area contributed by atoms with Gasteiger partial charge >= 0.3 is 5.97 Å². The van der Waals surface area contributed by atoms with Crippen molar-refractivity contribution in [2.24, 2.45) is 5.92 Å². The molecule has 2 aliphatic rings. The Morgan fingerprint density at radius 3 is 2.59 bits per heavy atom. The van der Waals surface area contributed by atoms with Crippen LogP contribution in [0.25, 0.3) is 0 Å². The lowest BCUT2D eigenvalue weighted by Crippen LogP contribution is -2.39. The van der Waals surface area contributed by atoms with Crippen molar-refractivity contribution in [3.63, 3.8) is 0 Å². The number of carboxylic acid groups (broad SMARTS) is 1.